The Morgan fingerprint density at radius 3 is 2.15 bits per heavy atom. The third-order valence-corrected chi connectivity index (χ3v) is 7.05. The third-order valence-electron chi connectivity index (χ3n) is 5.70. The first-order valence-electron chi connectivity index (χ1n) is 12.8. The number of hydrogen-bond acceptors (Lipinski definition) is 8. The van der Waals surface area contributed by atoms with Gasteiger partial charge in [0.1, 0.15) is 11.4 Å². The summed E-state index contributed by atoms with van der Waals surface area (Å²) < 4.78 is 32.9. The van der Waals surface area contributed by atoms with Crippen molar-refractivity contribution in [2.24, 2.45) is 0 Å². The van der Waals surface area contributed by atoms with Crippen molar-refractivity contribution in [2.45, 2.75) is 31.1 Å². The maximum Gasteiger partial charge on any atom is 0.269 e. The van der Waals surface area contributed by atoms with Crippen LogP contribution >= 0.6 is 0 Å². The van der Waals surface area contributed by atoms with Crippen LogP contribution in [0.25, 0.3) is 0 Å². The van der Waals surface area contributed by atoms with Gasteiger partial charge in [-0.3, -0.25) is 19.4 Å². The van der Waals surface area contributed by atoms with Crippen LogP contribution in [-0.2, 0) is 16.4 Å². The number of sulfonamides is 1. The van der Waals surface area contributed by atoms with Gasteiger partial charge in [0.25, 0.3) is 27.7 Å². The van der Waals surface area contributed by atoms with E-state index < -0.39 is 21.8 Å². The Balaban J connectivity index is 1.49. The summed E-state index contributed by atoms with van der Waals surface area (Å²) in [4.78, 5) is 40.4. The largest absolute Gasteiger partial charge is 0.494 e. The summed E-state index contributed by atoms with van der Waals surface area (Å²) in [6.45, 7) is 2.89. The third kappa shape index (κ3) is 8.89. The van der Waals surface area contributed by atoms with Gasteiger partial charge in [0, 0.05) is 24.8 Å². The number of pyridine rings is 1. The summed E-state index contributed by atoms with van der Waals surface area (Å²) in [5, 5.41) is 14.0. The molecule has 3 amide bonds. The fraction of sp³-hybridized carbons (Fsp3) is 0.286. The van der Waals surface area contributed by atoms with E-state index in [4.69, 9.17) is 9.84 Å². The van der Waals surface area contributed by atoms with Gasteiger partial charge in [-0.1, -0.05) is 25.5 Å². The van der Waals surface area contributed by atoms with Gasteiger partial charge in [0.15, 0.2) is 0 Å². The van der Waals surface area contributed by atoms with Gasteiger partial charge >= 0.3 is 0 Å². The van der Waals surface area contributed by atoms with Crippen LogP contribution in [0.1, 0.15) is 56.5 Å². The normalized spacial score (nSPS) is 10.9. The van der Waals surface area contributed by atoms with Crippen molar-refractivity contribution < 1.29 is 32.6 Å². The fourth-order valence-electron chi connectivity index (χ4n) is 3.46. The number of carbonyl (C=O) groups is 3. The number of unbranched alkanes of at least 4 members (excludes halogenated alkanes) is 1. The lowest BCUT2D eigenvalue weighted by Gasteiger charge is -2.09. The number of aliphatic hydroxyl groups excluding tert-OH is 1. The molecule has 0 aliphatic rings. The fourth-order valence-corrected chi connectivity index (χ4v) is 4.43. The minimum absolute atomic E-state index is 0.0185. The molecule has 2 aromatic carbocycles. The lowest BCUT2D eigenvalue weighted by atomic mass is 10.1. The highest BCUT2D eigenvalue weighted by Crippen LogP contribution is 2.14. The number of rotatable bonds is 14. The number of amides is 3. The number of nitrogens with one attached hydrogen (secondary N) is 3. The predicted molar refractivity (Wildman–Crippen MR) is 148 cm³/mol. The number of hydrogen-bond donors (Lipinski definition) is 4. The maximum absolute atomic E-state index is 12.7. The zero-order valence-corrected chi connectivity index (χ0v) is 22.9. The van der Waals surface area contributed by atoms with Crippen LogP contribution < -0.4 is 20.1 Å². The summed E-state index contributed by atoms with van der Waals surface area (Å²) in [6.07, 6.45) is 3.57. The molecular weight excluding hydrogens is 536 g/mol. The van der Waals surface area contributed by atoms with Crippen LogP contribution in [0.4, 0.5) is 0 Å². The van der Waals surface area contributed by atoms with E-state index in [1.54, 1.807) is 36.4 Å². The summed E-state index contributed by atoms with van der Waals surface area (Å²) in [5.41, 5.74) is 1.28. The molecule has 1 heterocycles. The standard InChI is InChI=1S/C28H32N4O7S/c1-2-3-18-39-23-9-6-21(7-10-23)26(34)29-15-14-20-4-11-24(12-5-20)40(37,38)32-27(35)22-8-13-25(31-19-22)28(36)30-16-17-33/h4-13,19,33H,2-3,14-18H2,1H3,(H,29,34)(H,30,36)(H,32,35). The van der Waals surface area contributed by atoms with Crippen LogP contribution in [0.15, 0.2) is 71.8 Å². The molecule has 0 atom stereocenters. The topological polar surface area (TPSA) is 164 Å². The Morgan fingerprint density at radius 1 is 0.850 bits per heavy atom. The molecule has 0 radical (unpaired) electrons. The molecule has 0 aliphatic carbocycles. The highest BCUT2D eigenvalue weighted by molar-refractivity contribution is 7.90. The van der Waals surface area contributed by atoms with E-state index >= 15 is 0 Å². The summed E-state index contributed by atoms with van der Waals surface area (Å²) >= 11 is 0. The van der Waals surface area contributed by atoms with Gasteiger partial charge in [-0.05, 0) is 66.9 Å². The van der Waals surface area contributed by atoms with Gasteiger partial charge in [-0.15, -0.1) is 0 Å². The average molecular weight is 569 g/mol. The number of ether oxygens (including phenoxy) is 1. The lowest BCUT2D eigenvalue weighted by molar-refractivity contribution is 0.0934. The van der Waals surface area contributed by atoms with Crippen molar-refractivity contribution in [3.8, 4) is 5.75 Å². The van der Waals surface area contributed by atoms with Crippen LogP contribution in [0.5, 0.6) is 5.75 Å². The minimum atomic E-state index is -4.16. The number of nitrogens with zero attached hydrogens (tertiary/aromatic N) is 1. The quantitative estimate of drug-likeness (QED) is 0.215. The molecule has 4 N–H and O–H groups in total. The molecule has 0 saturated carbocycles. The Bertz CT molecular complexity index is 1390. The molecule has 1 aromatic heterocycles. The van der Waals surface area contributed by atoms with Crippen molar-refractivity contribution in [3.05, 3.63) is 89.2 Å². The van der Waals surface area contributed by atoms with E-state index in [-0.39, 0.29) is 35.2 Å². The van der Waals surface area contributed by atoms with Crippen molar-refractivity contribution in [2.75, 3.05) is 26.3 Å². The van der Waals surface area contributed by atoms with E-state index in [1.807, 2.05) is 4.72 Å². The maximum atomic E-state index is 12.7. The SMILES string of the molecule is CCCCOc1ccc(C(=O)NCCc2ccc(S(=O)(=O)NC(=O)c3ccc(C(=O)NCCO)nc3)cc2)cc1. The molecule has 212 valence electrons. The van der Waals surface area contributed by atoms with Crippen LogP contribution in [0.3, 0.4) is 0 Å². The van der Waals surface area contributed by atoms with E-state index in [2.05, 4.69) is 22.5 Å². The molecule has 0 spiro atoms. The second-order valence-electron chi connectivity index (χ2n) is 8.72. The van der Waals surface area contributed by atoms with Gasteiger partial charge < -0.3 is 20.5 Å². The van der Waals surface area contributed by atoms with Crippen molar-refractivity contribution in [1.82, 2.24) is 20.3 Å². The zero-order valence-electron chi connectivity index (χ0n) is 22.1. The van der Waals surface area contributed by atoms with Gasteiger partial charge in [0.2, 0.25) is 0 Å². The van der Waals surface area contributed by atoms with E-state index in [0.29, 0.717) is 30.9 Å². The molecule has 0 bridgehead atoms. The molecular formula is C28H32N4O7S. The lowest BCUT2D eigenvalue weighted by Crippen LogP contribution is -2.31. The van der Waals surface area contributed by atoms with Crippen molar-refractivity contribution >= 4 is 27.7 Å². The summed E-state index contributed by atoms with van der Waals surface area (Å²) in [6, 6.07) is 15.4. The first-order valence-corrected chi connectivity index (χ1v) is 14.2. The first-order chi connectivity index (χ1) is 19.2. The van der Waals surface area contributed by atoms with Crippen LogP contribution in [-0.4, -0.2) is 62.5 Å². The number of benzene rings is 2. The summed E-state index contributed by atoms with van der Waals surface area (Å²) in [7, 11) is -4.16. The number of aromatic nitrogens is 1. The molecule has 0 fully saturated rings. The molecule has 11 nitrogen and oxygen atoms in total. The molecule has 12 heteroatoms. The molecule has 0 unspecified atom stereocenters. The van der Waals surface area contributed by atoms with Crippen molar-refractivity contribution in [1.29, 1.82) is 0 Å². The van der Waals surface area contributed by atoms with E-state index in [1.165, 1.54) is 24.3 Å². The molecule has 3 rings (SSSR count). The van der Waals surface area contributed by atoms with Crippen LogP contribution in [0.2, 0.25) is 0 Å². The molecule has 40 heavy (non-hydrogen) atoms. The predicted octanol–water partition coefficient (Wildman–Crippen LogP) is 2.07. The van der Waals surface area contributed by atoms with Crippen molar-refractivity contribution in [3.63, 3.8) is 0 Å². The Kier molecular flexibility index (Phi) is 11.2. The number of carbonyl (C=O) groups excluding carboxylic acids is 3. The van der Waals surface area contributed by atoms with E-state index in [9.17, 15) is 22.8 Å². The van der Waals surface area contributed by atoms with Crippen LogP contribution in [0, 0.1) is 0 Å². The molecule has 0 saturated heterocycles. The highest BCUT2D eigenvalue weighted by Gasteiger charge is 2.19. The second kappa shape index (κ2) is 14.8. The Hall–Kier alpha value is -4.29. The zero-order chi connectivity index (χ0) is 29.0. The highest BCUT2D eigenvalue weighted by atomic mass is 32.2. The summed E-state index contributed by atoms with van der Waals surface area (Å²) in [5.74, 6) is -0.946. The number of aliphatic hydroxyl groups is 1. The average Bonchev–Trinajstić information content (AvgIpc) is 2.96. The molecule has 0 aliphatic heterocycles. The van der Waals surface area contributed by atoms with E-state index in [0.717, 1.165) is 24.6 Å². The minimum Gasteiger partial charge on any atom is -0.494 e. The molecule has 3 aromatic rings. The second-order valence-corrected chi connectivity index (χ2v) is 10.4. The van der Waals surface area contributed by atoms with Gasteiger partial charge in [-0.2, -0.15) is 0 Å². The Labute approximate surface area is 233 Å². The van der Waals surface area contributed by atoms with Gasteiger partial charge in [0.05, 0.1) is 23.7 Å². The smallest absolute Gasteiger partial charge is 0.269 e. The first kappa shape index (κ1) is 30.3. The van der Waals surface area contributed by atoms with Gasteiger partial charge in [-0.25, -0.2) is 13.1 Å². The Morgan fingerprint density at radius 2 is 1.52 bits per heavy atom. The monoisotopic (exact) mass is 568 g/mol.